The van der Waals surface area contributed by atoms with Crippen molar-refractivity contribution in [3.05, 3.63) is 52.9 Å². The smallest absolute Gasteiger partial charge is 0.0682 e. The minimum atomic E-state index is 0.0713. The van der Waals surface area contributed by atoms with Crippen molar-refractivity contribution in [2.75, 3.05) is 11.9 Å². The average Bonchev–Trinajstić information content (AvgIpc) is 2.41. The van der Waals surface area contributed by atoms with Crippen LogP contribution in [0.5, 0.6) is 0 Å². The van der Waals surface area contributed by atoms with Crippen molar-refractivity contribution < 1.29 is 5.11 Å². The van der Waals surface area contributed by atoms with Crippen molar-refractivity contribution in [2.45, 2.75) is 26.9 Å². The first kappa shape index (κ1) is 12.7. The molecule has 3 heteroatoms. The first-order valence-electron chi connectivity index (χ1n) is 6.34. The molecule has 2 rings (SSSR count). The van der Waals surface area contributed by atoms with Crippen LogP contribution in [0.2, 0.25) is 0 Å². The highest BCUT2D eigenvalue weighted by Gasteiger charge is 2.08. The SMILES string of the molecule is CCC1=CC(Nc2cccc(CO)c2)=C(C)NC1. The Morgan fingerprint density at radius 1 is 1.39 bits per heavy atom. The van der Waals surface area contributed by atoms with Crippen molar-refractivity contribution >= 4 is 5.69 Å². The lowest BCUT2D eigenvalue weighted by atomic mass is 10.1. The molecule has 0 bridgehead atoms. The average molecular weight is 244 g/mol. The maximum atomic E-state index is 9.14. The van der Waals surface area contributed by atoms with Crippen LogP contribution in [0.4, 0.5) is 5.69 Å². The number of anilines is 1. The number of aliphatic hydroxyl groups excluding tert-OH is 1. The summed E-state index contributed by atoms with van der Waals surface area (Å²) in [6, 6.07) is 7.84. The number of allylic oxidation sites excluding steroid dienone is 2. The molecule has 1 aliphatic rings. The third-order valence-electron chi connectivity index (χ3n) is 3.18. The van der Waals surface area contributed by atoms with E-state index in [-0.39, 0.29) is 6.61 Å². The summed E-state index contributed by atoms with van der Waals surface area (Å²) in [5.41, 5.74) is 5.57. The molecular formula is C15H20N2O. The van der Waals surface area contributed by atoms with Gasteiger partial charge < -0.3 is 15.7 Å². The molecule has 0 aliphatic carbocycles. The molecular weight excluding hydrogens is 224 g/mol. The Labute approximate surface area is 108 Å². The lowest BCUT2D eigenvalue weighted by Gasteiger charge is -2.20. The minimum Gasteiger partial charge on any atom is -0.392 e. The summed E-state index contributed by atoms with van der Waals surface area (Å²) in [5.74, 6) is 0. The predicted molar refractivity (Wildman–Crippen MR) is 75.1 cm³/mol. The van der Waals surface area contributed by atoms with Gasteiger partial charge in [0.15, 0.2) is 0 Å². The fourth-order valence-electron chi connectivity index (χ4n) is 1.96. The normalized spacial score (nSPS) is 15.2. The summed E-state index contributed by atoms with van der Waals surface area (Å²) in [7, 11) is 0. The minimum absolute atomic E-state index is 0.0713. The topological polar surface area (TPSA) is 44.3 Å². The summed E-state index contributed by atoms with van der Waals surface area (Å²) in [5, 5.41) is 15.9. The number of hydrogen-bond acceptors (Lipinski definition) is 3. The lowest BCUT2D eigenvalue weighted by molar-refractivity contribution is 0.282. The van der Waals surface area contributed by atoms with Crippen molar-refractivity contribution in [3.63, 3.8) is 0 Å². The third kappa shape index (κ3) is 2.93. The van der Waals surface area contributed by atoms with Gasteiger partial charge >= 0.3 is 0 Å². The molecule has 3 N–H and O–H groups in total. The Morgan fingerprint density at radius 2 is 2.22 bits per heavy atom. The molecule has 0 atom stereocenters. The number of rotatable bonds is 4. The Balaban J connectivity index is 2.19. The zero-order valence-corrected chi connectivity index (χ0v) is 11.0. The van der Waals surface area contributed by atoms with Crippen LogP contribution in [0.25, 0.3) is 0 Å². The summed E-state index contributed by atoms with van der Waals surface area (Å²) < 4.78 is 0. The Kier molecular flexibility index (Phi) is 4.05. The molecule has 1 heterocycles. The van der Waals surface area contributed by atoms with Crippen LogP contribution >= 0.6 is 0 Å². The second-order valence-electron chi connectivity index (χ2n) is 4.53. The molecule has 3 nitrogen and oxygen atoms in total. The molecule has 0 aromatic heterocycles. The number of benzene rings is 1. The van der Waals surface area contributed by atoms with Gasteiger partial charge in [0, 0.05) is 17.9 Å². The first-order valence-corrected chi connectivity index (χ1v) is 6.34. The fraction of sp³-hybridized carbons (Fsp3) is 0.333. The highest BCUT2D eigenvalue weighted by Crippen LogP contribution is 2.19. The van der Waals surface area contributed by atoms with Gasteiger partial charge in [0.2, 0.25) is 0 Å². The van der Waals surface area contributed by atoms with E-state index < -0.39 is 0 Å². The summed E-state index contributed by atoms with van der Waals surface area (Å²) in [6.45, 7) is 5.24. The van der Waals surface area contributed by atoms with E-state index in [0.29, 0.717) is 0 Å². The number of nitrogens with one attached hydrogen (secondary N) is 2. The Bertz CT molecular complexity index is 489. The van der Waals surface area contributed by atoms with E-state index in [1.54, 1.807) is 0 Å². The van der Waals surface area contributed by atoms with Gasteiger partial charge in [-0.05, 0) is 42.7 Å². The van der Waals surface area contributed by atoms with Crippen LogP contribution in [0.15, 0.2) is 47.3 Å². The number of hydrogen-bond donors (Lipinski definition) is 3. The van der Waals surface area contributed by atoms with Crippen LogP contribution in [0, 0.1) is 0 Å². The van der Waals surface area contributed by atoms with E-state index in [1.807, 2.05) is 24.3 Å². The number of dihydropyridines is 1. The van der Waals surface area contributed by atoms with Crippen molar-refractivity contribution in [3.8, 4) is 0 Å². The van der Waals surface area contributed by atoms with Gasteiger partial charge in [-0.1, -0.05) is 19.1 Å². The molecule has 1 aliphatic heterocycles. The van der Waals surface area contributed by atoms with E-state index in [4.69, 9.17) is 5.11 Å². The van der Waals surface area contributed by atoms with Gasteiger partial charge in [0.25, 0.3) is 0 Å². The molecule has 1 aromatic carbocycles. The quantitative estimate of drug-likeness (QED) is 0.763. The fourth-order valence-corrected chi connectivity index (χ4v) is 1.96. The van der Waals surface area contributed by atoms with Crippen LogP contribution in [-0.2, 0) is 6.61 Å². The van der Waals surface area contributed by atoms with Gasteiger partial charge in [-0.3, -0.25) is 0 Å². The van der Waals surface area contributed by atoms with Gasteiger partial charge in [0.05, 0.1) is 12.3 Å². The van der Waals surface area contributed by atoms with Crippen LogP contribution < -0.4 is 10.6 Å². The second kappa shape index (κ2) is 5.74. The molecule has 1 aromatic rings. The molecule has 0 fully saturated rings. The maximum Gasteiger partial charge on any atom is 0.0682 e. The van der Waals surface area contributed by atoms with E-state index in [1.165, 1.54) is 5.57 Å². The molecule has 0 unspecified atom stereocenters. The van der Waals surface area contributed by atoms with E-state index in [0.717, 1.165) is 35.6 Å². The molecule has 0 spiro atoms. The van der Waals surface area contributed by atoms with E-state index >= 15 is 0 Å². The van der Waals surface area contributed by atoms with Crippen LogP contribution in [0.1, 0.15) is 25.8 Å². The highest BCUT2D eigenvalue weighted by molar-refractivity contribution is 5.54. The first-order chi connectivity index (χ1) is 8.72. The second-order valence-corrected chi connectivity index (χ2v) is 4.53. The van der Waals surface area contributed by atoms with Crippen molar-refractivity contribution in [1.82, 2.24) is 5.32 Å². The molecule has 0 radical (unpaired) electrons. The lowest BCUT2D eigenvalue weighted by Crippen LogP contribution is -2.22. The molecule has 0 saturated heterocycles. The van der Waals surface area contributed by atoms with Crippen molar-refractivity contribution in [2.24, 2.45) is 0 Å². The predicted octanol–water partition coefficient (Wildman–Crippen LogP) is 2.76. The molecule has 0 amide bonds. The summed E-state index contributed by atoms with van der Waals surface area (Å²) >= 11 is 0. The van der Waals surface area contributed by atoms with Crippen LogP contribution in [0.3, 0.4) is 0 Å². The van der Waals surface area contributed by atoms with Gasteiger partial charge in [-0.2, -0.15) is 0 Å². The van der Waals surface area contributed by atoms with Gasteiger partial charge in [-0.15, -0.1) is 0 Å². The Hall–Kier alpha value is -1.74. The zero-order valence-electron chi connectivity index (χ0n) is 11.0. The number of aliphatic hydroxyl groups is 1. The molecule has 96 valence electrons. The van der Waals surface area contributed by atoms with Gasteiger partial charge in [0.1, 0.15) is 0 Å². The molecule has 0 saturated carbocycles. The van der Waals surface area contributed by atoms with Gasteiger partial charge in [-0.25, -0.2) is 0 Å². The van der Waals surface area contributed by atoms with Crippen LogP contribution in [-0.4, -0.2) is 11.7 Å². The molecule has 18 heavy (non-hydrogen) atoms. The van der Waals surface area contributed by atoms with Crippen molar-refractivity contribution in [1.29, 1.82) is 0 Å². The zero-order chi connectivity index (χ0) is 13.0. The Morgan fingerprint density at radius 3 is 2.94 bits per heavy atom. The maximum absolute atomic E-state index is 9.14. The van der Waals surface area contributed by atoms with E-state index in [9.17, 15) is 0 Å². The highest BCUT2D eigenvalue weighted by atomic mass is 16.3. The summed E-state index contributed by atoms with van der Waals surface area (Å²) in [4.78, 5) is 0. The standard InChI is InChI=1S/C15H20N2O/c1-3-12-8-15(11(2)16-9-12)17-14-6-4-5-13(7-14)10-18/h4-8,16-18H,3,9-10H2,1-2H3. The van der Waals surface area contributed by atoms with E-state index in [2.05, 4.69) is 30.6 Å². The monoisotopic (exact) mass is 244 g/mol. The summed E-state index contributed by atoms with van der Waals surface area (Å²) in [6.07, 6.45) is 3.26. The largest absolute Gasteiger partial charge is 0.392 e. The third-order valence-corrected chi connectivity index (χ3v) is 3.18.